The normalized spacial score (nSPS) is 10.2. The Bertz CT molecular complexity index is 1250. The van der Waals surface area contributed by atoms with Crippen LogP contribution in [0.15, 0.2) is 78.9 Å². The van der Waals surface area contributed by atoms with Crippen LogP contribution in [0.5, 0.6) is 5.75 Å². The Balaban J connectivity index is 1.68. The number of rotatable bonds is 9. The van der Waals surface area contributed by atoms with E-state index < -0.39 is 24.5 Å². The molecule has 0 heterocycles. The summed E-state index contributed by atoms with van der Waals surface area (Å²) in [6, 6.07) is 20.5. The van der Waals surface area contributed by atoms with E-state index in [1.165, 1.54) is 28.0 Å². The van der Waals surface area contributed by atoms with Crippen LogP contribution in [0, 0.1) is 0 Å². The molecule has 0 aromatic heterocycles. The number of phenols is 1. The first-order valence-electron chi connectivity index (χ1n) is 11.0. The van der Waals surface area contributed by atoms with Crippen LogP contribution in [-0.2, 0) is 20.8 Å². The third kappa shape index (κ3) is 7.32. The van der Waals surface area contributed by atoms with Crippen molar-refractivity contribution in [2.24, 2.45) is 0 Å². The van der Waals surface area contributed by atoms with Crippen LogP contribution in [0.2, 0.25) is 0 Å². The number of phenolic OH excluding ortho intramolecular Hbond substituents is 1. The largest absolute Gasteiger partial charge is 0.508 e. The summed E-state index contributed by atoms with van der Waals surface area (Å²) < 4.78 is 0. The number of hydrogen-bond donors (Lipinski definition) is 4. The number of para-hydroxylation sites is 1. The summed E-state index contributed by atoms with van der Waals surface area (Å²) >= 11 is 0. The van der Waals surface area contributed by atoms with Crippen LogP contribution < -0.4 is 20.4 Å². The molecule has 0 atom stereocenters. The lowest BCUT2D eigenvalue weighted by Crippen LogP contribution is -2.46. The third-order valence-corrected chi connectivity index (χ3v) is 5.19. The number of benzene rings is 3. The third-order valence-electron chi connectivity index (χ3n) is 5.19. The Morgan fingerprint density at radius 3 is 2.22 bits per heavy atom. The summed E-state index contributed by atoms with van der Waals surface area (Å²) in [6.45, 7) is -0.757. The highest BCUT2D eigenvalue weighted by Gasteiger charge is 2.22. The zero-order chi connectivity index (χ0) is 26.1. The van der Waals surface area contributed by atoms with Crippen molar-refractivity contribution in [2.45, 2.75) is 6.42 Å². The van der Waals surface area contributed by atoms with Gasteiger partial charge in [0.05, 0.1) is 13.0 Å². The lowest BCUT2D eigenvalue weighted by molar-refractivity contribution is -0.136. The number of likely N-dealkylation sites (N-methyl/N-ethyl adjacent to an activating group) is 1. The van der Waals surface area contributed by atoms with Crippen molar-refractivity contribution < 1.29 is 29.4 Å². The number of anilines is 3. The Hall–Kier alpha value is -4.86. The van der Waals surface area contributed by atoms with Gasteiger partial charge in [-0.15, -0.1) is 0 Å². The van der Waals surface area contributed by atoms with E-state index in [0.29, 0.717) is 22.6 Å². The average Bonchev–Trinajstić information content (AvgIpc) is 2.85. The van der Waals surface area contributed by atoms with E-state index in [0.717, 1.165) is 0 Å². The Morgan fingerprint density at radius 1 is 0.833 bits per heavy atom. The van der Waals surface area contributed by atoms with Crippen LogP contribution in [0.25, 0.3) is 0 Å². The maximum Gasteiger partial charge on any atom is 0.319 e. The smallest absolute Gasteiger partial charge is 0.319 e. The SMILES string of the molecule is CN(C(=O)CN(C(=O)CNC(=O)Nc1cccc(CC(=O)O)c1)c1cccc(O)c1)c1ccccc1. The van der Waals surface area contributed by atoms with E-state index in [9.17, 15) is 24.3 Å². The van der Waals surface area contributed by atoms with Gasteiger partial charge in [0.1, 0.15) is 12.3 Å². The van der Waals surface area contributed by atoms with Crippen molar-refractivity contribution in [3.8, 4) is 5.75 Å². The molecule has 10 heteroatoms. The fourth-order valence-electron chi connectivity index (χ4n) is 3.38. The summed E-state index contributed by atoms with van der Waals surface area (Å²) in [5.41, 5.74) is 1.81. The number of urea groups is 1. The van der Waals surface area contributed by atoms with Crippen molar-refractivity contribution in [2.75, 3.05) is 35.3 Å². The molecule has 0 saturated heterocycles. The van der Waals surface area contributed by atoms with Crippen molar-refractivity contribution in [3.05, 3.63) is 84.4 Å². The van der Waals surface area contributed by atoms with Gasteiger partial charge in [-0.25, -0.2) is 4.79 Å². The molecular weight excluding hydrogens is 464 g/mol. The second-order valence-electron chi connectivity index (χ2n) is 7.87. The number of carboxylic acid groups (broad SMARTS) is 1. The summed E-state index contributed by atoms with van der Waals surface area (Å²) in [4.78, 5) is 51.8. The van der Waals surface area contributed by atoms with Crippen LogP contribution in [-0.4, -0.2) is 54.2 Å². The van der Waals surface area contributed by atoms with Gasteiger partial charge in [-0.3, -0.25) is 14.4 Å². The van der Waals surface area contributed by atoms with Gasteiger partial charge in [0, 0.05) is 30.2 Å². The minimum absolute atomic E-state index is 0.0823. The van der Waals surface area contributed by atoms with E-state index >= 15 is 0 Å². The topological polar surface area (TPSA) is 139 Å². The maximum absolute atomic E-state index is 13.0. The molecule has 0 bridgehead atoms. The van der Waals surface area contributed by atoms with Crippen LogP contribution in [0.3, 0.4) is 0 Å². The standard InChI is InChI=1S/C26H26N4O6/c1-29(20-9-3-2-4-10-20)24(33)17-30(21-11-6-12-22(31)15-21)23(32)16-27-26(36)28-19-8-5-7-18(13-19)14-25(34)35/h2-13,15,31H,14,16-17H2,1H3,(H,34,35)(H2,27,28,36). The summed E-state index contributed by atoms with van der Waals surface area (Å²) in [6.07, 6.45) is -0.194. The Labute approximate surface area is 207 Å². The summed E-state index contributed by atoms with van der Waals surface area (Å²) in [7, 11) is 1.59. The van der Waals surface area contributed by atoms with Gasteiger partial charge in [-0.1, -0.05) is 36.4 Å². The number of aliphatic carboxylic acids is 1. The highest BCUT2D eigenvalue weighted by molar-refractivity contribution is 6.05. The lowest BCUT2D eigenvalue weighted by Gasteiger charge is -2.26. The second-order valence-corrected chi connectivity index (χ2v) is 7.87. The number of nitrogens with one attached hydrogen (secondary N) is 2. The Morgan fingerprint density at radius 2 is 1.53 bits per heavy atom. The molecule has 0 aliphatic rings. The zero-order valence-corrected chi connectivity index (χ0v) is 19.5. The predicted octanol–water partition coefficient (Wildman–Crippen LogP) is 2.84. The molecule has 3 rings (SSSR count). The van der Waals surface area contributed by atoms with Gasteiger partial charge in [0.15, 0.2) is 0 Å². The molecule has 0 spiro atoms. The molecule has 3 aromatic rings. The van der Waals surface area contributed by atoms with Crippen LogP contribution in [0.4, 0.5) is 21.9 Å². The zero-order valence-electron chi connectivity index (χ0n) is 19.5. The Kier molecular flexibility index (Phi) is 8.60. The minimum Gasteiger partial charge on any atom is -0.508 e. The highest BCUT2D eigenvalue weighted by Crippen LogP contribution is 2.21. The fourth-order valence-corrected chi connectivity index (χ4v) is 3.38. The first kappa shape index (κ1) is 25.8. The maximum atomic E-state index is 13.0. The molecule has 36 heavy (non-hydrogen) atoms. The molecule has 4 amide bonds. The summed E-state index contributed by atoms with van der Waals surface area (Å²) in [5, 5.41) is 23.8. The number of carbonyl (C=O) groups excluding carboxylic acids is 3. The number of carboxylic acids is 1. The molecular formula is C26H26N4O6. The molecule has 3 aromatic carbocycles. The van der Waals surface area contributed by atoms with Gasteiger partial charge in [-0.2, -0.15) is 0 Å². The molecule has 0 aliphatic carbocycles. The minimum atomic E-state index is -0.998. The van der Waals surface area contributed by atoms with E-state index in [4.69, 9.17) is 5.11 Å². The van der Waals surface area contributed by atoms with Crippen molar-refractivity contribution in [1.82, 2.24) is 5.32 Å². The number of hydrogen-bond acceptors (Lipinski definition) is 5. The lowest BCUT2D eigenvalue weighted by atomic mass is 10.1. The molecule has 0 radical (unpaired) electrons. The highest BCUT2D eigenvalue weighted by atomic mass is 16.4. The first-order chi connectivity index (χ1) is 17.2. The number of carbonyl (C=O) groups is 4. The van der Waals surface area contributed by atoms with E-state index in [1.54, 1.807) is 61.6 Å². The molecule has 0 aliphatic heterocycles. The number of nitrogens with zero attached hydrogens (tertiary/aromatic N) is 2. The fraction of sp³-hybridized carbons (Fsp3) is 0.154. The quantitative estimate of drug-likeness (QED) is 0.364. The molecule has 186 valence electrons. The predicted molar refractivity (Wildman–Crippen MR) is 135 cm³/mol. The van der Waals surface area contributed by atoms with Crippen molar-refractivity contribution in [3.63, 3.8) is 0 Å². The van der Waals surface area contributed by atoms with Gasteiger partial charge >= 0.3 is 12.0 Å². The molecule has 0 unspecified atom stereocenters. The van der Waals surface area contributed by atoms with Gasteiger partial charge in [-0.05, 0) is 42.0 Å². The molecule has 0 fully saturated rings. The summed E-state index contributed by atoms with van der Waals surface area (Å²) in [5.74, 6) is -2.04. The van der Waals surface area contributed by atoms with E-state index in [2.05, 4.69) is 10.6 Å². The van der Waals surface area contributed by atoms with Crippen LogP contribution in [0.1, 0.15) is 5.56 Å². The molecule has 10 nitrogen and oxygen atoms in total. The van der Waals surface area contributed by atoms with Crippen molar-refractivity contribution in [1.29, 1.82) is 0 Å². The van der Waals surface area contributed by atoms with Crippen LogP contribution >= 0.6 is 0 Å². The number of aromatic hydroxyl groups is 1. The van der Waals surface area contributed by atoms with Gasteiger partial charge < -0.3 is 30.6 Å². The molecule has 4 N–H and O–H groups in total. The van der Waals surface area contributed by atoms with Crippen molar-refractivity contribution >= 4 is 40.9 Å². The molecule has 0 saturated carbocycles. The first-order valence-corrected chi connectivity index (χ1v) is 11.0. The second kappa shape index (κ2) is 12.0. The average molecular weight is 491 g/mol. The number of amides is 4. The van der Waals surface area contributed by atoms with E-state index in [1.807, 2.05) is 6.07 Å². The van der Waals surface area contributed by atoms with Gasteiger partial charge in [0.25, 0.3) is 0 Å². The van der Waals surface area contributed by atoms with E-state index in [-0.39, 0.29) is 24.6 Å². The van der Waals surface area contributed by atoms with Gasteiger partial charge in [0.2, 0.25) is 11.8 Å². The monoisotopic (exact) mass is 490 g/mol.